The first-order chi connectivity index (χ1) is 12.0. The molecule has 3 aliphatic rings. The standard InChI is InChI=1S/C18H21N3O3S.ClH/c19-15-5-4-13-8-20(9-14(13)15)17(23)12-3-1-2-11(6-12)7-21-16(22)10-25-18(21)24;/h1-3,6,13-15H,4-5,7-10,19H2;1H. The van der Waals surface area contributed by atoms with Crippen molar-refractivity contribution in [2.45, 2.75) is 25.4 Å². The Bertz CT molecular complexity index is 728. The van der Waals surface area contributed by atoms with Gasteiger partial charge in [-0.1, -0.05) is 23.9 Å². The maximum absolute atomic E-state index is 12.8. The molecule has 8 heteroatoms. The minimum Gasteiger partial charge on any atom is -0.338 e. The zero-order chi connectivity index (χ0) is 17.6. The Hall–Kier alpha value is -1.57. The lowest BCUT2D eigenvalue weighted by atomic mass is 9.98. The van der Waals surface area contributed by atoms with E-state index in [1.807, 2.05) is 17.0 Å². The average Bonchev–Trinajstić information content (AvgIpc) is 3.27. The van der Waals surface area contributed by atoms with E-state index in [-0.39, 0.29) is 47.8 Å². The third kappa shape index (κ3) is 3.48. The lowest BCUT2D eigenvalue weighted by Crippen LogP contribution is -2.33. The van der Waals surface area contributed by atoms with Crippen LogP contribution in [0.25, 0.3) is 0 Å². The summed E-state index contributed by atoms with van der Waals surface area (Å²) in [6.07, 6.45) is 2.16. The molecule has 4 rings (SSSR count). The number of amides is 3. The molecule has 1 aromatic carbocycles. The quantitative estimate of drug-likeness (QED) is 0.847. The molecule has 3 amide bonds. The normalized spacial score (nSPS) is 27.7. The first-order valence-corrected chi connectivity index (χ1v) is 9.62. The van der Waals surface area contributed by atoms with Gasteiger partial charge in [-0.25, -0.2) is 0 Å². The van der Waals surface area contributed by atoms with Crippen molar-refractivity contribution in [2.75, 3.05) is 18.8 Å². The monoisotopic (exact) mass is 395 g/mol. The molecule has 0 radical (unpaired) electrons. The lowest BCUT2D eigenvalue weighted by Gasteiger charge is -2.19. The van der Waals surface area contributed by atoms with Crippen LogP contribution >= 0.6 is 24.2 Å². The van der Waals surface area contributed by atoms with E-state index in [1.54, 1.807) is 12.1 Å². The molecule has 1 aromatic rings. The summed E-state index contributed by atoms with van der Waals surface area (Å²) in [7, 11) is 0. The van der Waals surface area contributed by atoms with Crippen molar-refractivity contribution in [1.82, 2.24) is 9.80 Å². The van der Waals surface area contributed by atoms with Crippen LogP contribution < -0.4 is 5.73 Å². The van der Waals surface area contributed by atoms with Crippen LogP contribution in [0.4, 0.5) is 4.79 Å². The van der Waals surface area contributed by atoms with Crippen LogP contribution in [0.1, 0.15) is 28.8 Å². The third-order valence-electron chi connectivity index (χ3n) is 5.55. The van der Waals surface area contributed by atoms with Gasteiger partial charge < -0.3 is 10.6 Å². The highest BCUT2D eigenvalue weighted by molar-refractivity contribution is 8.14. The number of carbonyl (C=O) groups excluding carboxylic acids is 3. The lowest BCUT2D eigenvalue weighted by molar-refractivity contribution is -0.125. The minimum atomic E-state index is -0.219. The van der Waals surface area contributed by atoms with E-state index in [2.05, 4.69) is 0 Å². The molecule has 1 aliphatic carbocycles. The molecule has 2 N–H and O–H groups in total. The Morgan fingerprint density at radius 1 is 1.23 bits per heavy atom. The van der Waals surface area contributed by atoms with Crippen molar-refractivity contribution in [3.8, 4) is 0 Å². The number of thioether (sulfide) groups is 1. The molecule has 1 saturated carbocycles. The number of nitrogens with zero attached hydrogens (tertiary/aromatic N) is 2. The number of fused-ring (bicyclic) bond motifs is 1. The van der Waals surface area contributed by atoms with E-state index in [1.165, 1.54) is 4.90 Å². The van der Waals surface area contributed by atoms with E-state index >= 15 is 0 Å². The van der Waals surface area contributed by atoms with E-state index in [4.69, 9.17) is 5.73 Å². The number of nitrogens with two attached hydrogens (primary N) is 1. The second-order valence-corrected chi connectivity index (χ2v) is 8.04. The third-order valence-corrected chi connectivity index (χ3v) is 6.41. The summed E-state index contributed by atoms with van der Waals surface area (Å²) in [5.74, 6) is 0.988. The van der Waals surface area contributed by atoms with E-state index in [0.29, 0.717) is 17.4 Å². The van der Waals surface area contributed by atoms with E-state index < -0.39 is 0 Å². The summed E-state index contributed by atoms with van der Waals surface area (Å²) in [4.78, 5) is 39.5. The van der Waals surface area contributed by atoms with Crippen molar-refractivity contribution in [3.63, 3.8) is 0 Å². The molecule has 3 fully saturated rings. The molecule has 2 heterocycles. The fourth-order valence-corrected chi connectivity index (χ4v) is 4.90. The number of likely N-dealkylation sites (tertiary alicyclic amines) is 1. The van der Waals surface area contributed by atoms with Gasteiger partial charge in [0.05, 0.1) is 12.3 Å². The summed E-state index contributed by atoms with van der Waals surface area (Å²) in [5.41, 5.74) is 7.56. The van der Waals surface area contributed by atoms with Crippen LogP contribution in [0, 0.1) is 11.8 Å². The minimum absolute atomic E-state index is 0. The Kier molecular flexibility index (Phi) is 5.60. The fraction of sp³-hybridized carbons (Fsp3) is 0.500. The van der Waals surface area contributed by atoms with Gasteiger partial charge in [0.2, 0.25) is 5.91 Å². The van der Waals surface area contributed by atoms with Crippen molar-refractivity contribution in [2.24, 2.45) is 17.6 Å². The molecule has 6 nitrogen and oxygen atoms in total. The van der Waals surface area contributed by atoms with Crippen molar-refractivity contribution >= 4 is 41.2 Å². The van der Waals surface area contributed by atoms with Crippen LogP contribution in [0.15, 0.2) is 24.3 Å². The predicted molar refractivity (Wildman–Crippen MR) is 102 cm³/mol. The maximum Gasteiger partial charge on any atom is 0.289 e. The molecule has 3 unspecified atom stereocenters. The van der Waals surface area contributed by atoms with Crippen molar-refractivity contribution < 1.29 is 14.4 Å². The molecular weight excluding hydrogens is 374 g/mol. The van der Waals surface area contributed by atoms with Gasteiger partial charge in [-0.15, -0.1) is 12.4 Å². The summed E-state index contributed by atoms with van der Waals surface area (Å²) < 4.78 is 0. The molecule has 0 aromatic heterocycles. The second-order valence-electron chi connectivity index (χ2n) is 7.11. The van der Waals surface area contributed by atoms with E-state index in [0.717, 1.165) is 43.3 Å². The van der Waals surface area contributed by atoms with Gasteiger partial charge >= 0.3 is 0 Å². The highest BCUT2D eigenvalue weighted by Gasteiger charge is 2.42. The molecule has 3 atom stereocenters. The molecule has 0 bridgehead atoms. The Morgan fingerprint density at radius 3 is 2.73 bits per heavy atom. The largest absolute Gasteiger partial charge is 0.338 e. The Labute approximate surface area is 162 Å². The van der Waals surface area contributed by atoms with Gasteiger partial charge in [-0.05, 0) is 42.4 Å². The number of hydrogen-bond donors (Lipinski definition) is 1. The molecule has 0 spiro atoms. The van der Waals surface area contributed by atoms with Crippen molar-refractivity contribution in [1.29, 1.82) is 0 Å². The molecule has 140 valence electrons. The fourth-order valence-electron chi connectivity index (χ4n) is 4.18. The first kappa shape index (κ1) is 19.2. The SMILES string of the molecule is Cl.NC1CCC2CN(C(=O)c3cccc(CN4C(=O)CSC4=O)c3)CC12. The number of hydrogen-bond acceptors (Lipinski definition) is 5. The van der Waals surface area contributed by atoms with Crippen LogP contribution in [-0.4, -0.2) is 51.7 Å². The maximum atomic E-state index is 12.8. The van der Waals surface area contributed by atoms with E-state index in [9.17, 15) is 14.4 Å². The zero-order valence-electron chi connectivity index (χ0n) is 14.3. The van der Waals surface area contributed by atoms with Crippen LogP contribution in [0.2, 0.25) is 0 Å². The summed E-state index contributed by atoms with van der Waals surface area (Å²) in [5, 5.41) is -0.219. The molecule has 2 saturated heterocycles. The number of benzene rings is 1. The molecule has 2 aliphatic heterocycles. The summed E-state index contributed by atoms with van der Waals surface area (Å²) in [6, 6.07) is 7.44. The van der Waals surface area contributed by atoms with Crippen molar-refractivity contribution in [3.05, 3.63) is 35.4 Å². The second kappa shape index (κ2) is 7.58. The smallest absolute Gasteiger partial charge is 0.289 e. The topological polar surface area (TPSA) is 83.7 Å². The highest BCUT2D eigenvalue weighted by Crippen LogP contribution is 2.37. The van der Waals surface area contributed by atoms with Gasteiger partial charge in [0, 0.05) is 24.7 Å². The summed E-state index contributed by atoms with van der Waals surface area (Å²) in [6.45, 7) is 1.73. The number of carbonyl (C=O) groups is 3. The van der Waals surface area contributed by atoms with Crippen LogP contribution in [0.3, 0.4) is 0 Å². The number of imide groups is 1. The van der Waals surface area contributed by atoms with Crippen LogP contribution in [-0.2, 0) is 11.3 Å². The highest BCUT2D eigenvalue weighted by atomic mass is 35.5. The van der Waals surface area contributed by atoms with Crippen LogP contribution in [0.5, 0.6) is 0 Å². The zero-order valence-corrected chi connectivity index (χ0v) is 15.9. The van der Waals surface area contributed by atoms with Gasteiger partial charge in [0.25, 0.3) is 11.1 Å². The first-order valence-electron chi connectivity index (χ1n) is 8.64. The van der Waals surface area contributed by atoms with Gasteiger partial charge in [-0.2, -0.15) is 0 Å². The predicted octanol–water partition coefficient (Wildman–Crippen LogP) is 2.11. The van der Waals surface area contributed by atoms with Gasteiger partial charge in [-0.3, -0.25) is 19.3 Å². The molecular formula is C18H22ClN3O3S. The Balaban J connectivity index is 0.00000196. The average molecular weight is 396 g/mol. The number of halogens is 1. The number of rotatable bonds is 3. The summed E-state index contributed by atoms with van der Waals surface area (Å²) >= 11 is 1.02. The van der Waals surface area contributed by atoms with Gasteiger partial charge in [0.1, 0.15) is 0 Å². The Morgan fingerprint density at radius 2 is 2.04 bits per heavy atom. The molecule has 26 heavy (non-hydrogen) atoms. The van der Waals surface area contributed by atoms with Gasteiger partial charge in [0.15, 0.2) is 0 Å².